The second-order valence-electron chi connectivity index (χ2n) is 5.49. The summed E-state index contributed by atoms with van der Waals surface area (Å²) in [5.41, 5.74) is 6.61. The van der Waals surface area contributed by atoms with Gasteiger partial charge in [0.05, 0.1) is 0 Å². The Kier molecular flexibility index (Phi) is 4.74. The van der Waals surface area contributed by atoms with Crippen molar-refractivity contribution in [3.05, 3.63) is 30.2 Å². The van der Waals surface area contributed by atoms with Gasteiger partial charge in [0.25, 0.3) is 0 Å². The van der Waals surface area contributed by atoms with Crippen LogP contribution in [0, 0.1) is 11.8 Å². The van der Waals surface area contributed by atoms with Crippen LogP contribution in [0.1, 0.15) is 26.2 Å². The number of benzene rings is 1. The molecular weight excluding hydrogens is 254 g/mol. The molecule has 0 spiro atoms. The molecular formula is C15H21N3O2. The van der Waals surface area contributed by atoms with Crippen molar-refractivity contribution in [3.8, 4) is 17.1 Å². The zero-order chi connectivity index (χ0) is 14.5. The summed E-state index contributed by atoms with van der Waals surface area (Å²) in [6.45, 7) is 4.98. The van der Waals surface area contributed by atoms with Crippen LogP contribution in [0.25, 0.3) is 11.4 Å². The lowest BCUT2D eigenvalue weighted by Gasteiger charge is -2.14. The van der Waals surface area contributed by atoms with Crippen molar-refractivity contribution in [2.45, 2.75) is 26.7 Å². The second-order valence-corrected chi connectivity index (χ2v) is 5.49. The number of nitrogens with zero attached hydrogens (tertiary/aromatic N) is 2. The van der Waals surface area contributed by atoms with Gasteiger partial charge in [-0.2, -0.15) is 4.98 Å². The Balaban J connectivity index is 2.06. The molecule has 1 heterocycles. The molecule has 2 rings (SSSR count). The van der Waals surface area contributed by atoms with E-state index < -0.39 is 0 Å². The summed E-state index contributed by atoms with van der Waals surface area (Å²) in [6.07, 6.45) is 1.76. The molecule has 1 atom stereocenters. The van der Waals surface area contributed by atoms with E-state index in [1.807, 2.05) is 0 Å². The number of nitrogens with two attached hydrogens (primary N) is 1. The van der Waals surface area contributed by atoms with Gasteiger partial charge in [-0.3, -0.25) is 0 Å². The van der Waals surface area contributed by atoms with Crippen molar-refractivity contribution in [1.29, 1.82) is 0 Å². The molecule has 0 aliphatic carbocycles. The molecule has 108 valence electrons. The predicted octanol–water partition coefficient (Wildman–Crippen LogP) is 2.61. The second kappa shape index (κ2) is 6.52. The average molecular weight is 275 g/mol. The molecule has 0 fully saturated rings. The van der Waals surface area contributed by atoms with E-state index in [1.165, 1.54) is 0 Å². The first-order valence-electron chi connectivity index (χ1n) is 6.90. The highest BCUT2D eigenvalue weighted by molar-refractivity contribution is 5.55. The molecule has 0 aliphatic heterocycles. The Morgan fingerprint density at radius 2 is 1.95 bits per heavy atom. The molecule has 5 nitrogen and oxygen atoms in total. The van der Waals surface area contributed by atoms with Crippen LogP contribution in [0.4, 0.5) is 0 Å². The highest BCUT2D eigenvalue weighted by Gasteiger charge is 2.15. The normalized spacial score (nSPS) is 12.8. The molecule has 0 bridgehead atoms. The summed E-state index contributed by atoms with van der Waals surface area (Å²) < 4.78 is 5.28. The number of aromatic hydroxyl groups is 1. The Hall–Kier alpha value is -1.88. The van der Waals surface area contributed by atoms with Gasteiger partial charge < -0.3 is 15.4 Å². The van der Waals surface area contributed by atoms with E-state index in [9.17, 15) is 5.11 Å². The summed E-state index contributed by atoms with van der Waals surface area (Å²) in [4.78, 5) is 4.39. The summed E-state index contributed by atoms with van der Waals surface area (Å²) in [5.74, 6) is 2.34. The van der Waals surface area contributed by atoms with Gasteiger partial charge >= 0.3 is 0 Å². The van der Waals surface area contributed by atoms with Crippen LogP contribution in [0.15, 0.2) is 28.8 Å². The molecule has 0 radical (unpaired) electrons. The van der Waals surface area contributed by atoms with Crippen LogP contribution in [0.2, 0.25) is 0 Å². The number of phenols is 1. The maximum absolute atomic E-state index is 9.27. The van der Waals surface area contributed by atoms with Crippen LogP contribution < -0.4 is 5.73 Å². The van der Waals surface area contributed by atoms with Gasteiger partial charge in [-0.1, -0.05) is 19.0 Å². The molecule has 20 heavy (non-hydrogen) atoms. The zero-order valence-corrected chi connectivity index (χ0v) is 11.9. The summed E-state index contributed by atoms with van der Waals surface area (Å²) in [6, 6.07) is 6.73. The molecule has 0 aliphatic rings. The van der Waals surface area contributed by atoms with Crippen LogP contribution in [-0.4, -0.2) is 21.8 Å². The zero-order valence-electron chi connectivity index (χ0n) is 11.9. The number of hydrogen-bond acceptors (Lipinski definition) is 5. The van der Waals surface area contributed by atoms with Crippen LogP contribution in [-0.2, 0) is 6.42 Å². The first kappa shape index (κ1) is 14.5. The van der Waals surface area contributed by atoms with E-state index in [1.54, 1.807) is 24.3 Å². The third-order valence-electron chi connectivity index (χ3n) is 3.19. The van der Waals surface area contributed by atoms with E-state index in [4.69, 9.17) is 10.3 Å². The van der Waals surface area contributed by atoms with Crippen molar-refractivity contribution >= 4 is 0 Å². The van der Waals surface area contributed by atoms with Crippen molar-refractivity contribution in [1.82, 2.24) is 10.1 Å². The number of rotatable bonds is 6. The van der Waals surface area contributed by atoms with E-state index in [2.05, 4.69) is 24.0 Å². The lowest BCUT2D eigenvalue weighted by Crippen LogP contribution is -2.19. The van der Waals surface area contributed by atoms with Crippen molar-refractivity contribution in [3.63, 3.8) is 0 Å². The van der Waals surface area contributed by atoms with E-state index in [0.717, 1.165) is 12.0 Å². The Labute approximate surface area is 118 Å². The molecule has 0 amide bonds. The average Bonchev–Trinajstić information content (AvgIpc) is 2.87. The van der Waals surface area contributed by atoms with Gasteiger partial charge in [0.15, 0.2) is 0 Å². The fourth-order valence-corrected chi connectivity index (χ4v) is 2.24. The highest BCUT2D eigenvalue weighted by Crippen LogP contribution is 2.21. The number of phenolic OH excluding ortho intramolecular Hbond substituents is 1. The third-order valence-corrected chi connectivity index (χ3v) is 3.19. The van der Waals surface area contributed by atoms with Gasteiger partial charge in [0.1, 0.15) is 5.75 Å². The van der Waals surface area contributed by atoms with Gasteiger partial charge in [-0.05, 0) is 49.1 Å². The third kappa shape index (κ3) is 3.81. The SMILES string of the molecule is CC(C)C[C@H](CN)Cc1nc(-c2ccc(O)cc2)no1. The van der Waals surface area contributed by atoms with Crippen LogP contribution >= 0.6 is 0 Å². The van der Waals surface area contributed by atoms with Crippen molar-refractivity contribution < 1.29 is 9.63 Å². The smallest absolute Gasteiger partial charge is 0.227 e. The topological polar surface area (TPSA) is 85.2 Å². The first-order valence-corrected chi connectivity index (χ1v) is 6.90. The summed E-state index contributed by atoms with van der Waals surface area (Å²) >= 11 is 0. The van der Waals surface area contributed by atoms with Crippen molar-refractivity contribution in [2.75, 3.05) is 6.54 Å². The van der Waals surface area contributed by atoms with E-state index >= 15 is 0 Å². The van der Waals surface area contributed by atoms with E-state index in [0.29, 0.717) is 36.5 Å². The highest BCUT2D eigenvalue weighted by atomic mass is 16.5. The molecule has 0 saturated heterocycles. The molecule has 0 saturated carbocycles. The van der Waals surface area contributed by atoms with Gasteiger partial charge in [0.2, 0.25) is 11.7 Å². The maximum Gasteiger partial charge on any atom is 0.227 e. The first-order chi connectivity index (χ1) is 9.58. The minimum atomic E-state index is 0.220. The van der Waals surface area contributed by atoms with Gasteiger partial charge in [0, 0.05) is 12.0 Å². The molecule has 1 aromatic heterocycles. The molecule has 5 heteroatoms. The van der Waals surface area contributed by atoms with Gasteiger partial charge in [-0.15, -0.1) is 0 Å². The fourth-order valence-electron chi connectivity index (χ4n) is 2.24. The van der Waals surface area contributed by atoms with Crippen molar-refractivity contribution in [2.24, 2.45) is 17.6 Å². The lowest BCUT2D eigenvalue weighted by molar-refractivity contribution is 0.332. The van der Waals surface area contributed by atoms with E-state index in [-0.39, 0.29) is 5.75 Å². The standard InChI is InChI=1S/C15H21N3O2/c1-10(2)7-11(9-16)8-14-17-15(18-20-14)12-3-5-13(19)6-4-12/h3-6,10-11,19H,7-9,16H2,1-2H3/t11-/m0/s1. The molecule has 0 unspecified atom stereocenters. The minimum absolute atomic E-state index is 0.220. The number of hydrogen-bond donors (Lipinski definition) is 2. The monoisotopic (exact) mass is 275 g/mol. The van der Waals surface area contributed by atoms with Gasteiger partial charge in [-0.25, -0.2) is 0 Å². The van der Waals surface area contributed by atoms with Crippen LogP contribution in [0.5, 0.6) is 5.75 Å². The molecule has 3 N–H and O–H groups in total. The Morgan fingerprint density at radius 1 is 1.25 bits per heavy atom. The predicted molar refractivity (Wildman–Crippen MR) is 77.1 cm³/mol. The summed E-state index contributed by atoms with van der Waals surface area (Å²) in [5, 5.41) is 13.2. The quantitative estimate of drug-likeness (QED) is 0.846. The van der Waals surface area contributed by atoms with Crippen LogP contribution in [0.3, 0.4) is 0 Å². The summed E-state index contributed by atoms with van der Waals surface area (Å²) in [7, 11) is 0. The Bertz CT molecular complexity index is 534. The fraction of sp³-hybridized carbons (Fsp3) is 0.467. The largest absolute Gasteiger partial charge is 0.508 e. The minimum Gasteiger partial charge on any atom is -0.508 e. The lowest BCUT2D eigenvalue weighted by atomic mass is 9.94. The molecule has 1 aromatic carbocycles. The number of aromatic nitrogens is 2. The Morgan fingerprint density at radius 3 is 2.55 bits per heavy atom. The maximum atomic E-state index is 9.27. The molecule has 2 aromatic rings.